The van der Waals surface area contributed by atoms with Crippen molar-refractivity contribution < 1.29 is 4.74 Å². The molecule has 0 spiro atoms. The molecule has 0 aliphatic carbocycles. The second kappa shape index (κ2) is 5.50. The average Bonchev–Trinajstić information content (AvgIpc) is 2.34. The lowest BCUT2D eigenvalue weighted by Crippen LogP contribution is -2.41. The number of nitrogens with one attached hydrogen (secondary N) is 1. The minimum atomic E-state index is 0.00617. The molecule has 0 saturated carbocycles. The molecular weight excluding hydrogens is 246 g/mol. The number of rotatable bonds is 3. The van der Waals surface area contributed by atoms with Crippen LogP contribution >= 0.6 is 11.6 Å². The third kappa shape index (κ3) is 3.18. The highest BCUT2D eigenvalue weighted by Crippen LogP contribution is 2.31. The molecular formula is C15H22ClNO. The van der Waals surface area contributed by atoms with Gasteiger partial charge in [0.2, 0.25) is 0 Å². The van der Waals surface area contributed by atoms with E-state index in [0.29, 0.717) is 6.04 Å². The summed E-state index contributed by atoms with van der Waals surface area (Å²) in [4.78, 5) is 0. The van der Waals surface area contributed by atoms with Gasteiger partial charge in [-0.25, -0.2) is 0 Å². The summed E-state index contributed by atoms with van der Waals surface area (Å²) >= 11 is 6.23. The molecule has 1 aliphatic heterocycles. The van der Waals surface area contributed by atoms with Crippen molar-refractivity contribution in [3.05, 3.63) is 28.8 Å². The molecule has 1 heterocycles. The van der Waals surface area contributed by atoms with E-state index in [4.69, 9.17) is 16.3 Å². The van der Waals surface area contributed by atoms with Crippen LogP contribution in [0.2, 0.25) is 5.02 Å². The lowest BCUT2D eigenvalue weighted by atomic mass is 9.90. The van der Waals surface area contributed by atoms with Gasteiger partial charge in [-0.1, -0.05) is 24.6 Å². The standard InChI is InChI=1S/C15H22ClNO/c1-4-15(3)10-12(7-8-18-15)17-14-9-11(2)5-6-13(14)16/h5-6,9,12,17H,4,7-8,10H2,1-3H3. The summed E-state index contributed by atoms with van der Waals surface area (Å²) in [5.41, 5.74) is 2.28. The highest BCUT2D eigenvalue weighted by molar-refractivity contribution is 6.33. The van der Waals surface area contributed by atoms with Crippen LogP contribution in [-0.2, 0) is 4.74 Å². The molecule has 1 aliphatic rings. The summed E-state index contributed by atoms with van der Waals surface area (Å²) in [6.45, 7) is 7.29. The van der Waals surface area contributed by atoms with Crippen molar-refractivity contribution in [3.63, 3.8) is 0 Å². The summed E-state index contributed by atoms with van der Waals surface area (Å²) in [6, 6.07) is 6.55. The van der Waals surface area contributed by atoms with Crippen molar-refractivity contribution in [1.82, 2.24) is 0 Å². The summed E-state index contributed by atoms with van der Waals surface area (Å²) in [7, 11) is 0. The first-order chi connectivity index (χ1) is 8.52. The van der Waals surface area contributed by atoms with E-state index < -0.39 is 0 Å². The van der Waals surface area contributed by atoms with Gasteiger partial charge < -0.3 is 10.1 Å². The van der Waals surface area contributed by atoms with Crippen LogP contribution < -0.4 is 5.32 Å². The van der Waals surface area contributed by atoms with Gasteiger partial charge in [0, 0.05) is 12.6 Å². The Hall–Kier alpha value is -0.730. The van der Waals surface area contributed by atoms with Gasteiger partial charge in [-0.3, -0.25) is 0 Å². The van der Waals surface area contributed by atoms with Crippen LogP contribution in [0.15, 0.2) is 18.2 Å². The second-order valence-corrected chi connectivity index (χ2v) is 5.88. The summed E-state index contributed by atoms with van der Waals surface area (Å²) in [5.74, 6) is 0. The van der Waals surface area contributed by atoms with Gasteiger partial charge in [-0.15, -0.1) is 0 Å². The molecule has 1 N–H and O–H groups in total. The van der Waals surface area contributed by atoms with E-state index >= 15 is 0 Å². The Balaban J connectivity index is 2.07. The van der Waals surface area contributed by atoms with Crippen molar-refractivity contribution in [2.24, 2.45) is 0 Å². The molecule has 0 radical (unpaired) electrons. The number of hydrogen-bond acceptors (Lipinski definition) is 2. The number of benzene rings is 1. The minimum Gasteiger partial charge on any atom is -0.381 e. The van der Waals surface area contributed by atoms with Crippen molar-refractivity contribution >= 4 is 17.3 Å². The third-order valence-corrected chi connectivity index (χ3v) is 4.15. The Morgan fingerprint density at radius 2 is 2.28 bits per heavy atom. The molecule has 1 fully saturated rings. The number of anilines is 1. The highest BCUT2D eigenvalue weighted by Gasteiger charge is 2.31. The molecule has 0 aromatic heterocycles. The van der Waals surface area contributed by atoms with Gasteiger partial charge >= 0.3 is 0 Å². The maximum Gasteiger partial charge on any atom is 0.0671 e. The van der Waals surface area contributed by atoms with Crippen LogP contribution in [0.3, 0.4) is 0 Å². The van der Waals surface area contributed by atoms with Gasteiger partial charge in [-0.2, -0.15) is 0 Å². The molecule has 3 heteroatoms. The predicted molar refractivity (Wildman–Crippen MR) is 77.5 cm³/mol. The zero-order valence-electron chi connectivity index (χ0n) is 11.4. The summed E-state index contributed by atoms with van der Waals surface area (Å²) < 4.78 is 5.86. The van der Waals surface area contributed by atoms with Crippen molar-refractivity contribution in [2.75, 3.05) is 11.9 Å². The quantitative estimate of drug-likeness (QED) is 0.876. The van der Waals surface area contributed by atoms with Gasteiger partial charge in [0.15, 0.2) is 0 Å². The Bertz CT molecular complexity index is 421. The SMILES string of the molecule is CCC1(C)CC(Nc2cc(C)ccc2Cl)CCO1. The fourth-order valence-corrected chi connectivity index (χ4v) is 2.64. The predicted octanol–water partition coefficient (Wildman–Crippen LogP) is 4.41. The van der Waals surface area contributed by atoms with Crippen LogP contribution in [0.1, 0.15) is 38.7 Å². The second-order valence-electron chi connectivity index (χ2n) is 5.47. The first-order valence-electron chi connectivity index (χ1n) is 6.69. The van der Waals surface area contributed by atoms with Crippen LogP contribution in [0.4, 0.5) is 5.69 Å². The van der Waals surface area contributed by atoms with Crippen molar-refractivity contribution in [1.29, 1.82) is 0 Å². The number of aryl methyl sites for hydroxylation is 1. The van der Waals surface area contributed by atoms with Crippen molar-refractivity contribution in [3.8, 4) is 0 Å². The first-order valence-corrected chi connectivity index (χ1v) is 7.07. The van der Waals surface area contributed by atoms with E-state index in [1.54, 1.807) is 0 Å². The van der Waals surface area contributed by atoms with E-state index in [1.807, 2.05) is 12.1 Å². The Morgan fingerprint density at radius 3 is 3.00 bits per heavy atom. The smallest absolute Gasteiger partial charge is 0.0671 e. The van der Waals surface area contributed by atoms with Gasteiger partial charge in [0.1, 0.15) is 0 Å². The maximum atomic E-state index is 6.23. The van der Waals surface area contributed by atoms with E-state index in [9.17, 15) is 0 Å². The van der Waals surface area contributed by atoms with E-state index in [1.165, 1.54) is 5.56 Å². The first kappa shape index (κ1) is 13.7. The van der Waals surface area contributed by atoms with Crippen LogP contribution in [-0.4, -0.2) is 18.2 Å². The van der Waals surface area contributed by atoms with Crippen LogP contribution in [0.5, 0.6) is 0 Å². The van der Waals surface area contributed by atoms with Crippen LogP contribution in [0.25, 0.3) is 0 Å². The zero-order chi connectivity index (χ0) is 13.2. The molecule has 2 atom stereocenters. The molecule has 2 unspecified atom stereocenters. The molecule has 100 valence electrons. The largest absolute Gasteiger partial charge is 0.381 e. The van der Waals surface area contributed by atoms with Gasteiger partial charge in [-0.05, 0) is 50.8 Å². The van der Waals surface area contributed by atoms with E-state index in [-0.39, 0.29) is 5.60 Å². The molecule has 1 aromatic carbocycles. The number of halogens is 1. The Morgan fingerprint density at radius 1 is 1.50 bits per heavy atom. The third-order valence-electron chi connectivity index (χ3n) is 3.82. The lowest BCUT2D eigenvalue weighted by molar-refractivity contribution is -0.0708. The minimum absolute atomic E-state index is 0.00617. The van der Waals surface area contributed by atoms with Gasteiger partial charge in [0.05, 0.1) is 16.3 Å². The van der Waals surface area contributed by atoms with Gasteiger partial charge in [0.25, 0.3) is 0 Å². The number of ether oxygens (including phenoxy) is 1. The lowest BCUT2D eigenvalue weighted by Gasteiger charge is -2.38. The molecule has 2 nitrogen and oxygen atoms in total. The summed E-state index contributed by atoms with van der Waals surface area (Å²) in [5, 5.41) is 4.36. The Labute approximate surface area is 115 Å². The zero-order valence-corrected chi connectivity index (χ0v) is 12.2. The monoisotopic (exact) mass is 267 g/mol. The topological polar surface area (TPSA) is 21.3 Å². The molecule has 2 rings (SSSR count). The molecule has 18 heavy (non-hydrogen) atoms. The normalized spacial score (nSPS) is 28.1. The highest BCUT2D eigenvalue weighted by atomic mass is 35.5. The van der Waals surface area contributed by atoms with Crippen molar-refractivity contribution in [2.45, 2.75) is 51.7 Å². The molecule has 1 aromatic rings. The maximum absolute atomic E-state index is 6.23. The molecule has 0 bridgehead atoms. The van der Waals surface area contributed by atoms with Crippen LogP contribution in [0, 0.1) is 6.92 Å². The summed E-state index contributed by atoms with van der Waals surface area (Å²) in [6.07, 6.45) is 3.13. The fourth-order valence-electron chi connectivity index (χ4n) is 2.47. The average molecular weight is 268 g/mol. The van der Waals surface area contributed by atoms with E-state index in [0.717, 1.165) is 36.6 Å². The fraction of sp³-hybridized carbons (Fsp3) is 0.600. The molecule has 1 saturated heterocycles. The molecule has 0 amide bonds. The Kier molecular flexibility index (Phi) is 4.18. The van der Waals surface area contributed by atoms with E-state index in [2.05, 4.69) is 32.2 Å². The number of hydrogen-bond donors (Lipinski definition) is 1.